The van der Waals surface area contributed by atoms with Gasteiger partial charge in [0.15, 0.2) is 0 Å². The van der Waals surface area contributed by atoms with E-state index < -0.39 is 0 Å². The van der Waals surface area contributed by atoms with Crippen LogP contribution in [0.5, 0.6) is 0 Å². The normalized spacial score (nSPS) is 10.4. The summed E-state index contributed by atoms with van der Waals surface area (Å²) in [5.74, 6) is 1.42. The number of carbonyl (C=O) groups excluding carboxylic acids is 1. The number of hydrogen-bond donors (Lipinski definition) is 0. The van der Waals surface area contributed by atoms with Crippen molar-refractivity contribution in [3.05, 3.63) is 17.5 Å². The molecule has 0 aliphatic heterocycles. The van der Waals surface area contributed by atoms with Crippen LogP contribution in [0, 0.1) is 0 Å². The van der Waals surface area contributed by atoms with E-state index >= 15 is 0 Å². The second-order valence-electron chi connectivity index (χ2n) is 3.22. The van der Waals surface area contributed by atoms with Crippen molar-refractivity contribution in [2.75, 3.05) is 12.4 Å². The zero-order valence-corrected chi connectivity index (χ0v) is 10.8. The van der Waals surface area contributed by atoms with Crippen LogP contribution in [-0.4, -0.2) is 28.1 Å². The van der Waals surface area contributed by atoms with E-state index in [1.54, 1.807) is 23.4 Å². The van der Waals surface area contributed by atoms with E-state index in [2.05, 4.69) is 12.0 Å². The van der Waals surface area contributed by atoms with Gasteiger partial charge in [-0.05, 0) is 25.2 Å². The van der Waals surface area contributed by atoms with Crippen LogP contribution >= 0.6 is 11.8 Å². The molecule has 1 rings (SSSR count). The summed E-state index contributed by atoms with van der Waals surface area (Å²) < 4.78 is 6.72. The SMILES string of the molecule is CCOC(=O)c1cc(CC)nn1CSCC. The highest BCUT2D eigenvalue weighted by Gasteiger charge is 2.15. The summed E-state index contributed by atoms with van der Waals surface area (Å²) in [6.45, 7) is 6.31. The highest BCUT2D eigenvalue weighted by molar-refractivity contribution is 7.98. The van der Waals surface area contributed by atoms with Crippen molar-refractivity contribution in [2.45, 2.75) is 33.1 Å². The maximum atomic E-state index is 11.7. The van der Waals surface area contributed by atoms with Crippen LogP contribution in [-0.2, 0) is 17.0 Å². The van der Waals surface area contributed by atoms with Gasteiger partial charge in [-0.2, -0.15) is 5.10 Å². The fourth-order valence-corrected chi connectivity index (χ4v) is 1.84. The lowest BCUT2D eigenvalue weighted by molar-refractivity contribution is 0.0513. The number of aryl methyl sites for hydroxylation is 1. The van der Waals surface area contributed by atoms with E-state index in [-0.39, 0.29) is 5.97 Å². The smallest absolute Gasteiger partial charge is 0.356 e. The fourth-order valence-electron chi connectivity index (χ4n) is 1.29. The van der Waals surface area contributed by atoms with E-state index in [0.717, 1.165) is 17.9 Å². The average Bonchev–Trinajstić information content (AvgIpc) is 2.70. The van der Waals surface area contributed by atoms with Crippen LogP contribution in [0.4, 0.5) is 0 Å². The summed E-state index contributed by atoms with van der Waals surface area (Å²) in [4.78, 5) is 11.7. The maximum absolute atomic E-state index is 11.7. The zero-order chi connectivity index (χ0) is 12.0. The minimum atomic E-state index is -0.286. The first kappa shape index (κ1) is 13.1. The molecule has 0 N–H and O–H groups in total. The van der Waals surface area contributed by atoms with E-state index in [0.29, 0.717) is 18.2 Å². The van der Waals surface area contributed by atoms with Crippen LogP contribution in [0.25, 0.3) is 0 Å². The molecule has 0 aromatic carbocycles. The molecule has 0 radical (unpaired) electrons. The molecule has 1 aromatic rings. The molecular formula is C11H18N2O2S. The Morgan fingerprint density at radius 3 is 2.81 bits per heavy atom. The minimum absolute atomic E-state index is 0.286. The number of esters is 1. The van der Waals surface area contributed by atoms with Gasteiger partial charge in [0, 0.05) is 0 Å². The summed E-state index contributed by atoms with van der Waals surface area (Å²) >= 11 is 1.73. The van der Waals surface area contributed by atoms with Crippen molar-refractivity contribution in [1.82, 2.24) is 9.78 Å². The molecule has 0 atom stereocenters. The number of rotatable bonds is 6. The third kappa shape index (κ3) is 3.27. The quantitative estimate of drug-likeness (QED) is 0.718. The third-order valence-corrected chi connectivity index (χ3v) is 2.93. The summed E-state index contributed by atoms with van der Waals surface area (Å²) in [5, 5.41) is 4.36. The largest absolute Gasteiger partial charge is 0.461 e. The maximum Gasteiger partial charge on any atom is 0.356 e. The fraction of sp³-hybridized carbons (Fsp3) is 0.636. The van der Waals surface area contributed by atoms with E-state index in [1.165, 1.54) is 0 Å². The second kappa shape index (κ2) is 6.58. The standard InChI is InChI=1S/C11H18N2O2S/c1-4-9-7-10(11(14)15-5-2)13(12-9)8-16-6-3/h7H,4-6,8H2,1-3H3. The van der Waals surface area contributed by atoms with E-state index in [9.17, 15) is 4.79 Å². The molecule has 16 heavy (non-hydrogen) atoms. The topological polar surface area (TPSA) is 44.1 Å². The van der Waals surface area contributed by atoms with Gasteiger partial charge >= 0.3 is 5.97 Å². The molecule has 1 aromatic heterocycles. The Kier molecular flexibility index (Phi) is 5.38. The number of aromatic nitrogens is 2. The van der Waals surface area contributed by atoms with Gasteiger partial charge in [-0.3, -0.25) is 0 Å². The number of hydrogen-bond acceptors (Lipinski definition) is 4. The summed E-state index contributed by atoms with van der Waals surface area (Å²) in [5.41, 5.74) is 1.49. The van der Waals surface area contributed by atoms with Crippen molar-refractivity contribution < 1.29 is 9.53 Å². The molecule has 0 bridgehead atoms. The van der Waals surface area contributed by atoms with Crippen LogP contribution < -0.4 is 0 Å². The summed E-state index contributed by atoms with van der Waals surface area (Å²) in [6, 6.07) is 1.81. The van der Waals surface area contributed by atoms with Gasteiger partial charge in [0.25, 0.3) is 0 Å². The molecule has 0 unspecified atom stereocenters. The Labute approximate surface area is 100 Å². The van der Waals surface area contributed by atoms with Gasteiger partial charge in [-0.25, -0.2) is 9.48 Å². The van der Waals surface area contributed by atoms with Crippen LogP contribution in [0.2, 0.25) is 0 Å². The first-order chi connectivity index (χ1) is 7.72. The molecule has 0 aliphatic carbocycles. The van der Waals surface area contributed by atoms with Gasteiger partial charge in [-0.1, -0.05) is 13.8 Å². The lowest BCUT2D eigenvalue weighted by atomic mass is 10.3. The summed E-state index contributed by atoms with van der Waals surface area (Å²) in [7, 11) is 0. The van der Waals surface area contributed by atoms with Gasteiger partial charge in [0.05, 0.1) is 18.2 Å². The molecule has 0 saturated heterocycles. The molecule has 0 fully saturated rings. The number of thioether (sulfide) groups is 1. The van der Waals surface area contributed by atoms with E-state index in [1.807, 2.05) is 13.0 Å². The third-order valence-electron chi connectivity index (χ3n) is 2.10. The monoisotopic (exact) mass is 242 g/mol. The van der Waals surface area contributed by atoms with Crippen molar-refractivity contribution in [1.29, 1.82) is 0 Å². The Balaban J connectivity index is 2.86. The van der Waals surface area contributed by atoms with Crippen LogP contribution in [0.3, 0.4) is 0 Å². The van der Waals surface area contributed by atoms with E-state index in [4.69, 9.17) is 4.74 Å². The minimum Gasteiger partial charge on any atom is -0.461 e. The molecular weight excluding hydrogens is 224 g/mol. The zero-order valence-electron chi connectivity index (χ0n) is 10.0. The lowest BCUT2D eigenvalue weighted by Gasteiger charge is -2.05. The predicted molar refractivity (Wildman–Crippen MR) is 65.7 cm³/mol. The highest BCUT2D eigenvalue weighted by Crippen LogP contribution is 2.11. The van der Waals surface area contributed by atoms with Crippen molar-refractivity contribution in [3.8, 4) is 0 Å². The van der Waals surface area contributed by atoms with Gasteiger partial charge < -0.3 is 4.74 Å². The van der Waals surface area contributed by atoms with Gasteiger partial charge in [0.2, 0.25) is 0 Å². The highest BCUT2D eigenvalue weighted by atomic mass is 32.2. The van der Waals surface area contributed by atoms with Crippen molar-refractivity contribution in [2.24, 2.45) is 0 Å². The molecule has 1 heterocycles. The lowest BCUT2D eigenvalue weighted by Crippen LogP contribution is -2.12. The molecule has 5 heteroatoms. The Morgan fingerprint density at radius 1 is 1.50 bits per heavy atom. The predicted octanol–water partition coefficient (Wildman–Crippen LogP) is 2.33. The number of nitrogens with zero attached hydrogens (tertiary/aromatic N) is 2. The molecule has 0 amide bonds. The molecule has 0 saturated carbocycles. The van der Waals surface area contributed by atoms with Crippen LogP contribution in [0.15, 0.2) is 6.07 Å². The second-order valence-corrected chi connectivity index (χ2v) is 4.46. The van der Waals surface area contributed by atoms with Crippen molar-refractivity contribution >= 4 is 17.7 Å². The van der Waals surface area contributed by atoms with Crippen molar-refractivity contribution in [3.63, 3.8) is 0 Å². The first-order valence-electron chi connectivity index (χ1n) is 5.54. The molecule has 0 aliphatic rings. The number of carbonyl (C=O) groups is 1. The molecule has 4 nitrogen and oxygen atoms in total. The molecule has 0 spiro atoms. The van der Waals surface area contributed by atoms with Gasteiger partial charge in [-0.15, -0.1) is 11.8 Å². The Morgan fingerprint density at radius 2 is 2.25 bits per heavy atom. The summed E-state index contributed by atoms with van der Waals surface area (Å²) in [6.07, 6.45) is 0.830. The molecule has 90 valence electrons. The number of ether oxygens (including phenoxy) is 1. The Hall–Kier alpha value is -0.970. The Bertz CT molecular complexity index is 350. The van der Waals surface area contributed by atoms with Gasteiger partial charge in [0.1, 0.15) is 5.69 Å². The average molecular weight is 242 g/mol. The van der Waals surface area contributed by atoms with Crippen LogP contribution in [0.1, 0.15) is 37.0 Å². The first-order valence-corrected chi connectivity index (χ1v) is 6.69.